The van der Waals surface area contributed by atoms with Crippen molar-refractivity contribution in [3.63, 3.8) is 0 Å². The molecule has 146 valence electrons. The molecule has 1 N–H and O–H groups in total. The van der Waals surface area contributed by atoms with Crippen LogP contribution in [0, 0.1) is 6.92 Å². The van der Waals surface area contributed by atoms with Crippen LogP contribution in [0.25, 0.3) is 0 Å². The van der Waals surface area contributed by atoms with Crippen molar-refractivity contribution in [2.45, 2.75) is 20.1 Å². The van der Waals surface area contributed by atoms with Gasteiger partial charge < -0.3 is 14.8 Å². The zero-order chi connectivity index (χ0) is 20.1. The summed E-state index contributed by atoms with van der Waals surface area (Å²) in [4.78, 5) is 0. The van der Waals surface area contributed by atoms with Crippen molar-refractivity contribution < 1.29 is 9.47 Å². The predicted octanol–water partition coefficient (Wildman–Crippen LogP) is 7.15. The van der Waals surface area contributed by atoms with E-state index in [9.17, 15) is 0 Å². The number of aryl methyl sites for hydroxylation is 1. The van der Waals surface area contributed by atoms with Crippen LogP contribution in [-0.2, 0) is 13.2 Å². The van der Waals surface area contributed by atoms with Crippen molar-refractivity contribution in [1.82, 2.24) is 0 Å². The van der Waals surface area contributed by atoms with Crippen LogP contribution in [0.1, 0.15) is 16.7 Å². The molecule has 0 fully saturated rings. The van der Waals surface area contributed by atoms with Crippen LogP contribution in [0.2, 0.25) is 15.1 Å². The maximum Gasteiger partial charge on any atom is 0.161 e. The van der Waals surface area contributed by atoms with Gasteiger partial charge in [0.25, 0.3) is 0 Å². The first kappa shape index (κ1) is 20.7. The van der Waals surface area contributed by atoms with Gasteiger partial charge in [-0.15, -0.1) is 0 Å². The van der Waals surface area contributed by atoms with Crippen molar-refractivity contribution in [2.24, 2.45) is 0 Å². The highest BCUT2D eigenvalue weighted by atomic mass is 35.5. The minimum absolute atomic E-state index is 0.325. The highest BCUT2D eigenvalue weighted by molar-refractivity contribution is 6.35. The molecule has 28 heavy (non-hydrogen) atoms. The molecule has 0 aliphatic rings. The van der Waals surface area contributed by atoms with E-state index in [-0.39, 0.29) is 0 Å². The molecule has 3 aromatic carbocycles. The molecule has 0 atom stereocenters. The van der Waals surface area contributed by atoms with E-state index in [4.69, 9.17) is 44.3 Å². The van der Waals surface area contributed by atoms with Crippen LogP contribution < -0.4 is 14.8 Å². The van der Waals surface area contributed by atoms with E-state index >= 15 is 0 Å². The molecule has 0 amide bonds. The Balaban J connectivity index is 1.66. The second kappa shape index (κ2) is 9.42. The van der Waals surface area contributed by atoms with Crippen LogP contribution >= 0.6 is 34.8 Å². The third-order valence-electron chi connectivity index (χ3n) is 4.29. The third-order valence-corrected chi connectivity index (χ3v) is 5.29. The zero-order valence-corrected chi connectivity index (χ0v) is 17.8. The smallest absolute Gasteiger partial charge is 0.161 e. The lowest BCUT2D eigenvalue weighted by Crippen LogP contribution is -2.02. The van der Waals surface area contributed by atoms with Crippen molar-refractivity contribution in [3.8, 4) is 11.5 Å². The fourth-order valence-electron chi connectivity index (χ4n) is 2.64. The van der Waals surface area contributed by atoms with Gasteiger partial charge in [-0.2, -0.15) is 0 Å². The van der Waals surface area contributed by atoms with Crippen LogP contribution in [0.4, 0.5) is 5.69 Å². The summed E-state index contributed by atoms with van der Waals surface area (Å²) in [5.74, 6) is 1.31. The lowest BCUT2D eigenvalue weighted by Gasteiger charge is -2.14. The highest BCUT2D eigenvalue weighted by Gasteiger charge is 2.08. The Bertz CT molecular complexity index is 976. The standard InChI is InChI=1S/C22H20Cl3NO2/c1-14-3-7-18(11-19(14)24)26-12-15-4-8-21(22(9-15)27-2)28-13-16-5-6-17(23)10-20(16)25/h3-11,26H,12-13H2,1-2H3. The summed E-state index contributed by atoms with van der Waals surface area (Å²) < 4.78 is 11.4. The van der Waals surface area contributed by atoms with Crippen LogP contribution in [0.3, 0.4) is 0 Å². The molecule has 0 aromatic heterocycles. The number of rotatable bonds is 7. The molecule has 0 bridgehead atoms. The van der Waals surface area contributed by atoms with Crippen LogP contribution in [-0.4, -0.2) is 7.11 Å². The molecule has 3 aromatic rings. The van der Waals surface area contributed by atoms with Crippen molar-refractivity contribution >= 4 is 40.5 Å². The summed E-state index contributed by atoms with van der Waals surface area (Å²) in [6.45, 7) is 2.94. The van der Waals surface area contributed by atoms with E-state index < -0.39 is 0 Å². The summed E-state index contributed by atoms with van der Waals surface area (Å²) in [5, 5.41) is 5.27. The number of hydrogen-bond donors (Lipinski definition) is 1. The minimum atomic E-state index is 0.325. The van der Waals surface area contributed by atoms with Gasteiger partial charge in [0.15, 0.2) is 11.5 Å². The Kier molecular flexibility index (Phi) is 6.95. The van der Waals surface area contributed by atoms with Crippen LogP contribution in [0.5, 0.6) is 11.5 Å². The van der Waals surface area contributed by atoms with Gasteiger partial charge in [0.2, 0.25) is 0 Å². The number of benzene rings is 3. The first-order valence-corrected chi connectivity index (χ1v) is 9.83. The summed E-state index contributed by atoms with van der Waals surface area (Å²) in [6.07, 6.45) is 0. The number of halogens is 3. The summed E-state index contributed by atoms with van der Waals surface area (Å²) in [7, 11) is 1.62. The van der Waals surface area contributed by atoms with Gasteiger partial charge in [-0.25, -0.2) is 0 Å². The first-order chi connectivity index (χ1) is 13.5. The number of hydrogen-bond acceptors (Lipinski definition) is 3. The van der Waals surface area contributed by atoms with Crippen molar-refractivity contribution in [2.75, 3.05) is 12.4 Å². The van der Waals surface area contributed by atoms with Crippen molar-refractivity contribution in [1.29, 1.82) is 0 Å². The Morgan fingerprint density at radius 2 is 1.68 bits per heavy atom. The zero-order valence-electron chi connectivity index (χ0n) is 15.6. The summed E-state index contributed by atoms with van der Waals surface area (Å²) in [5.41, 5.74) is 3.93. The average molecular weight is 437 g/mol. The molecule has 0 heterocycles. The fourth-order valence-corrected chi connectivity index (χ4v) is 3.29. The molecular formula is C22H20Cl3NO2. The molecule has 3 rings (SSSR count). The Hall–Kier alpha value is -2.07. The minimum Gasteiger partial charge on any atom is -0.493 e. The normalized spacial score (nSPS) is 10.6. The molecule has 0 unspecified atom stereocenters. The van der Waals surface area contributed by atoms with Gasteiger partial charge in [0.1, 0.15) is 6.61 Å². The quantitative estimate of drug-likeness (QED) is 0.426. The Labute approximate surface area is 180 Å². The number of ether oxygens (including phenoxy) is 2. The number of anilines is 1. The van der Waals surface area contributed by atoms with Gasteiger partial charge in [-0.1, -0.05) is 53.0 Å². The van der Waals surface area contributed by atoms with E-state index in [0.29, 0.717) is 34.7 Å². The third kappa shape index (κ3) is 5.26. The van der Waals surface area contributed by atoms with Crippen LogP contribution in [0.15, 0.2) is 54.6 Å². The van der Waals surface area contributed by atoms with Gasteiger partial charge in [-0.05, 0) is 54.4 Å². The fraction of sp³-hybridized carbons (Fsp3) is 0.182. The predicted molar refractivity (Wildman–Crippen MR) is 117 cm³/mol. The second-order valence-electron chi connectivity index (χ2n) is 6.33. The Morgan fingerprint density at radius 3 is 2.39 bits per heavy atom. The topological polar surface area (TPSA) is 30.5 Å². The molecule has 0 aliphatic carbocycles. The molecule has 0 radical (unpaired) electrons. The molecule has 6 heteroatoms. The lowest BCUT2D eigenvalue weighted by molar-refractivity contribution is 0.284. The number of methoxy groups -OCH3 is 1. The molecule has 0 aliphatic heterocycles. The van der Waals surface area contributed by atoms with E-state index in [1.807, 2.05) is 49.4 Å². The molecule has 0 spiro atoms. The molecular weight excluding hydrogens is 417 g/mol. The molecule has 3 nitrogen and oxygen atoms in total. The van der Waals surface area contributed by atoms with Crippen molar-refractivity contribution in [3.05, 3.63) is 86.4 Å². The lowest BCUT2D eigenvalue weighted by atomic mass is 10.1. The first-order valence-electron chi connectivity index (χ1n) is 8.70. The van der Waals surface area contributed by atoms with E-state index in [1.165, 1.54) is 0 Å². The van der Waals surface area contributed by atoms with Gasteiger partial charge in [0, 0.05) is 32.9 Å². The van der Waals surface area contributed by atoms with Gasteiger partial charge >= 0.3 is 0 Å². The van der Waals surface area contributed by atoms with E-state index in [2.05, 4.69) is 5.32 Å². The number of nitrogens with one attached hydrogen (secondary N) is 1. The molecule has 0 saturated carbocycles. The van der Waals surface area contributed by atoms with E-state index in [1.54, 1.807) is 19.2 Å². The summed E-state index contributed by atoms with van der Waals surface area (Å²) in [6, 6.07) is 17.1. The SMILES string of the molecule is COc1cc(CNc2ccc(C)c(Cl)c2)ccc1OCc1ccc(Cl)cc1Cl. The summed E-state index contributed by atoms with van der Waals surface area (Å²) >= 11 is 18.3. The maximum absolute atomic E-state index is 6.20. The van der Waals surface area contributed by atoms with E-state index in [0.717, 1.165) is 27.4 Å². The average Bonchev–Trinajstić information content (AvgIpc) is 2.68. The van der Waals surface area contributed by atoms with Gasteiger partial charge in [-0.3, -0.25) is 0 Å². The highest BCUT2D eigenvalue weighted by Crippen LogP contribution is 2.30. The largest absolute Gasteiger partial charge is 0.493 e. The monoisotopic (exact) mass is 435 g/mol. The molecule has 0 saturated heterocycles. The second-order valence-corrected chi connectivity index (χ2v) is 7.58. The Morgan fingerprint density at radius 1 is 0.857 bits per heavy atom. The van der Waals surface area contributed by atoms with Gasteiger partial charge in [0.05, 0.1) is 7.11 Å². The maximum atomic E-state index is 6.20.